The molecule has 0 atom stereocenters. The Morgan fingerprint density at radius 3 is 3.00 bits per heavy atom. The van der Waals surface area contributed by atoms with Crippen LogP contribution in [0.3, 0.4) is 0 Å². The summed E-state index contributed by atoms with van der Waals surface area (Å²) in [5, 5.41) is 7.42. The first-order valence-electron chi connectivity index (χ1n) is 6.97. The molecule has 0 aliphatic carbocycles. The van der Waals surface area contributed by atoms with Gasteiger partial charge in [-0.15, -0.1) is 0 Å². The maximum absolute atomic E-state index is 13.5. The minimum absolute atomic E-state index is 0.333. The van der Waals surface area contributed by atoms with Crippen molar-refractivity contribution in [1.29, 1.82) is 0 Å². The molecule has 22 heavy (non-hydrogen) atoms. The number of halogens is 2. The molecule has 0 saturated carbocycles. The van der Waals surface area contributed by atoms with E-state index in [1.165, 1.54) is 12.3 Å². The molecule has 1 fully saturated rings. The van der Waals surface area contributed by atoms with E-state index >= 15 is 0 Å². The normalized spacial score (nSPS) is 15.9. The van der Waals surface area contributed by atoms with Crippen molar-refractivity contribution in [3.8, 4) is 0 Å². The van der Waals surface area contributed by atoms with E-state index in [0.717, 1.165) is 43.9 Å². The summed E-state index contributed by atoms with van der Waals surface area (Å²) in [4.78, 5) is 2.30. The summed E-state index contributed by atoms with van der Waals surface area (Å²) in [6.07, 6.45) is 1.40. The molecule has 0 radical (unpaired) electrons. The second kappa shape index (κ2) is 9.14. The van der Waals surface area contributed by atoms with Crippen LogP contribution in [0.5, 0.6) is 0 Å². The molecule has 0 amide bonds. The van der Waals surface area contributed by atoms with Gasteiger partial charge in [0.05, 0.1) is 19.4 Å². The maximum atomic E-state index is 13.5. The Kier molecular flexibility index (Phi) is 7.17. The van der Waals surface area contributed by atoms with Crippen molar-refractivity contribution in [2.24, 2.45) is 5.10 Å². The number of thiocarbonyl (C=S) groups is 1. The molecule has 1 aliphatic rings. The molecule has 1 saturated heterocycles. The van der Waals surface area contributed by atoms with Crippen molar-refractivity contribution in [1.82, 2.24) is 15.6 Å². The lowest BCUT2D eigenvalue weighted by atomic mass is 10.2. The molecule has 8 heteroatoms. The molecule has 1 aromatic rings. The minimum atomic E-state index is -0.333. The Hall–Kier alpha value is -1.09. The van der Waals surface area contributed by atoms with Gasteiger partial charge < -0.3 is 10.1 Å². The zero-order chi connectivity index (χ0) is 15.8. The van der Waals surface area contributed by atoms with Gasteiger partial charge in [-0.25, -0.2) is 4.39 Å². The van der Waals surface area contributed by atoms with Crippen molar-refractivity contribution < 1.29 is 9.13 Å². The average Bonchev–Trinajstić information content (AvgIpc) is 2.52. The van der Waals surface area contributed by atoms with Crippen LogP contribution in [0.1, 0.15) is 5.56 Å². The van der Waals surface area contributed by atoms with E-state index in [2.05, 4.69) is 36.7 Å². The monoisotopic (exact) mass is 388 g/mol. The van der Waals surface area contributed by atoms with E-state index in [9.17, 15) is 4.39 Å². The number of hydrogen-bond donors (Lipinski definition) is 2. The Morgan fingerprint density at radius 2 is 2.23 bits per heavy atom. The summed E-state index contributed by atoms with van der Waals surface area (Å²) >= 11 is 8.40. The van der Waals surface area contributed by atoms with Crippen LogP contribution in [0.25, 0.3) is 0 Å². The fourth-order valence-corrected chi connectivity index (χ4v) is 2.50. The molecule has 0 spiro atoms. The van der Waals surface area contributed by atoms with Crippen molar-refractivity contribution in [3.63, 3.8) is 0 Å². The molecule has 0 unspecified atom stereocenters. The van der Waals surface area contributed by atoms with Gasteiger partial charge in [0.25, 0.3) is 0 Å². The minimum Gasteiger partial charge on any atom is -0.379 e. The summed E-state index contributed by atoms with van der Waals surface area (Å²) in [6.45, 7) is 5.09. The smallest absolute Gasteiger partial charge is 0.187 e. The number of nitrogens with one attached hydrogen (secondary N) is 2. The Balaban J connectivity index is 1.68. The number of hydrogen-bond acceptors (Lipinski definition) is 4. The van der Waals surface area contributed by atoms with Gasteiger partial charge in [0.15, 0.2) is 5.11 Å². The molecular formula is C14H18BrFN4OS. The summed E-state index contributed by atoms with van der Waals surface area (Å²) in [5.74, 6) is -0.333. The molecule has 2 rings (SSSR count). The van der Waals surface area contributed by atoms with Crippen LogP contribution in [0.2, 0.25) is 0 Å². The van der Waals surface area contributed by atoms with Gasteiger partial charge in [-0.3, -0.25) is 10.3 Å². The van der Waals surface area contributed by atoms with Gasteiger partial charge in [-0.2, -0.15) is 5.10 Å². The third-order valence-corrected chi connectivity index (χ3v) is 3.87. The SMILES string of the molecule is Fc1ccc(Br)cc1/C=N\NC(=S)NCCN1CCOCC1. The third kappa shape index (κ3) is 5.96. The Bertz CT molecular complexity index is 538. The molecule has 2 N–H and O–H groups in total. The lowest BCUT2D eigenvalue weighted by molar-refractivity contribution is 0.0389. The van der Waals surface area contributed by atoms with Crippen molar-refractivity contribution >= 4 is 39.5 Å². The lowest BCUT2D eigenvalue weighted by Gasteiger charge is -2.26. The highest BCUT2D eigenvalue weighted by Gasteiger charge is 2.09. The maximum Gasteiger partial charge on any atom is 0.187 e. The molecule has 1 aromatic carbocycles. The third-order valence-electron chi connectivity index (χ3n) is 3.15. The molecule has 1 aliphatic heterocycles. The van der Waals surface area contributed by atoms with Crippen LogP contribution in [0, 0.1) is 5.82 Å². The number of benzene rings is 1. The molecule has 0 aromatic heterocycles. The first-order chi connectivity index (χ1) is 10.6. The second-order valence-corrected chi connectivity index (χ2v) is 6.07. The zero-order valence-corrected chi connectivity index (χ0v) is 14.4. The van der Waals surface area contributed by atoms with E-state index in [-0.39, 0.29) is 5.82 Å². The standard InChI is InChI=1S/C14H18BrFN4OS/c15-12-1-2-13(16)11(9-12)10-18-19-14(22)17-3-4-20-5-7-21-8-6-20/h1-2,9-10H,3-8H2,(H2,17,19,22)/b18-10-. The van der Waals surface area contributed by atoms with Crippen LogP contribution in [0.4, 0.5) is 4.39 Å². The number of hydrazone groups is 1. The Labute approximate surface area is 143 Å². The summed E-state index contributed by atoms with van der Waals surface area (Å²) in [5.41, 5.74) is 3.07. The van der Waals surface area contributed by atoms with Gasteiger partial charge in [-0.1, -0.05) is 15.9 Å². The van der Waals surface area contributed by atoms with E-state index in [4.69, 9.17) is 17.0 Å². The largest absolute Gasteiger partial charge is 0.379 e. The van der Waals surface area contributed by atoms with Crippen molar-refractivity contribution in [2.75, 3.05) is 39.4 Å². The van der Waals surface area contributed by atoms with Crippen LogP contribution in [-0.4, -0.2) is 55.6 Å². The lowest BCUT2D eigenvalue weighted by Crippen LogP contribution is -2.42. The molecule has 120 valence electrons. The highest BCUT2D eigenvalue weighted by atomic mass is 79.9. The number of nitrogens with zero attached hydrogens (tertiary/aromatic N) is 2. The van der Waals surface area contributed by atoms with Gasteiger partial charge in [0.1, 0.15) is 5.82 Å². The molecule has 1 heterocycles. The highest BCUT2D eigenvalue weighted by Crippen LogP contribution is 2.13. The first kappa shape index (κ1) is 17.3. The van der Waals surface area contributed by atoms with Crippen LogP contribution in [-0.2, 0) is 4.74 Å². The predicted octanol–water partition coefficient (Wildman–Crippen LogP) is 1.72. The van der Waals surface area contributed by atoms with Gasteiger partial charge >= 0.3 is 0 Å². The van der Waals surface area contributed by atoms with E-state index in [1.807, 2.05) is 0 Å². The number of ether oxygens (including phenoxy) is 1. The van der Waals surface area contributed by atoms with Crippen molar-refractivity contribution in [2.45, 2.75) is 0 Å². The quantitative estimate of drug-likeness (QED) is 0.456. The number of morpholine rings is 1. The molecule has 5 nitrogen and oxygen atoms in total. The summed E-state index contributed by atoms with van der Waals surface area (Å²) in [6, 6.07) is 4.66. The zero-order valence-electron chi connectivity index (χ0n) is 12.0. The molecule has 0 bridgehead atoms. The van der Waals surface area contributed by atoms with Crippen LogP contribution < -0.4 is 10.7 Å². The first-order valence-corrected chi connectivity index (χ1v) is 8.17. The fraction of sp³-hybridized carbons (Fsp3) is 0.429. The van der Waals surface area contributed by atoms with Crippen LogP contribution in [0.15, 0.2) is 27.8 Å². The van der Waals surface area contributed by atoms with E-state index in [0.29, 0.717) is 10.7 Å². The van der Waals surface area contributed by atoms with Gasteiger partial charge in [0, 0.05) is 36.2 Å². The van der Waals surface area contributed by atoms with E-state index < -0.39 is 0 Å². The average molecular weight is 389 g/mol. The molecular weight excluding hydrogens is 371 g/mol. The summed E-state index contributed by atoms with van der Waals surface area (Å²) < 4.78 is 19.6. The van der Waals surface area contributed by atoms with Crippen LogP contribution >= 0.6 is 28.1 Å². The second-order valence-electron chi connectivity index (χ2n) is 4.75. The summed E-state index contributed by atoms with van der Waals surface area (Å²) in [7, 11) is 0. The van der Waals surface area contributed by atoms with Gasteiger partial charge in [-0.05, 0) is 30.4 Å². The predicted molar refractivity (Wildman–Crippen MR) is 92.7 cm³/mol. The topological polar surface area (TPSA) is 48.9 Å². The van der Waals surface area contributed by atoms with E-state index in [1.54, 1.807) is 12.1 Å². The highest BCUT2D eigenvalue weighted by molar-refractivity contribution is 9.10. The Morgan fingerprint density at radius 1 is 1.45 bits per heavy atom. The van der Waals surface area contributed by atoms with Crippen molar-refractivity contribution in [3.05, 3.63) is 34.1 Å². The fourth-order valence-electron chi connectivity index (χ4n) is 1.97. The van der Waals surface area contributed by atoms with Gasteiger partial charge in [0.2, 0.25) is 0 Å². The number of rotatable bonds is 5.